The fraction of sp³-hybridized carbons (Fsp3) is 0.769. The van der Waals surface area contributed by atoms with Crippen molar-refractivity contribution in [2.45, 2.75) is 45.6 Å². The highest BCUT2D eigenvalue weighted by Crippen LogP contribution is 2.08. The first-order valence-corrected chi connectivity index (χ1v) is 6.34. The van der Waals surface area contributed by atoms with Crippen LogP contribution in [0.15, 0.2) is 17.1 Å². The summed E-state index contributed by atoms with van der Waals surface area (Å²) in [7, 11) is 1.83. The van der Waals surface area contributed by atoms with Gasteiger partial charge in [0.2, 0.25) is 0 Å². The van der Waals surface area contributed by atoms with Crippen LogP contribution in [-0.4, -0.2) is 25.6 Å². The van der Waals surface area contributed by atoms with Crippen molar-refractivity contribution in [1.82, 2.24) is 10.6 Å². The van der Waals surface area contributed by atoms with Crippen LogP contribution in [0.3, 0.4) is 0 Å². The van der Waals surface area contributed by atoms with Gasteiger partial charge >= 0.3 is 0 Å². The van der Waals surface area contributed by atoms with Gasteiger partial charge in [0.1, 0.15) is 0 Å². The largest absolute Gasteiger partial charge is 0.356 e. The lowest BCUT2D eigenvalue weighted by molar-refractivity contribution is 0.546. The summed E-state index contributed by atoms with van der Waals surface area (Å²) < 4.78 is 0. The molecule has 1 aliphatic rings. The minimum Gasteiger partial charge on any atom is -0.356 e. The zero-order chi connectivity index (χ0) is 11.8. The number of nitrogens with one attached hydrogen (secondary N) is 2. The molecule has 0 spiro atoms. The molecule has 4 heteroatoms. The summed E-state index contributed by atoms with van der Waals surface area (Å²) in [5, 5.41) is 6.79. The highest BCUT2D eigenvalue weighted by molar-refractivity contribution is 14.0. The van der Waals surface area contributed by atoms with Gasteiger partial charge in [0.05, 0.1) is 0 Å². The van der Waals surface area contributed by atoms with E-state index >= 15 is 0 Å². The normalized spacial score (nSPS) is 16.1. The maximum absolute atomic E-state index is 4.23. The first-order chi connectivity index (χ1) is 7.72. The number of aliphatic imine (C=N–C) groups is 1. The molecule has 0 heterocycles. The van der Waals surface area contributed by atoms with Crippen LogP contribution in [0.2, 0.25) is 0 Å². The van der Waals surface area contributed by atoms with Gasteiger partial charge in [0.25, 0.3) is 0 Å². The number of hydrogen-bond donors (Lipinski definition) is 2. The Morgan fingerprint density at radius 1 is 1.35 bits per heavy atom. The van der Waals surface area contributed by atoms with Gasteiger partial charge in [-0.2, -0.15) is 0 Å². The van der Waals surface area contributed by atoms with Crippen LogP contribution >= 0.6 is 24.0 Å². The van der Waals surface area contributed by atoms with Gasteiger partial charge in [-0.25, -0.2) is 0 Å². The van der Waals surface area contributed by atoms with Crippen molar-refractivity contribution < 1.29 is 0 Å². The van der Waals surface area contributed by atoms with E-state index in [0.717, 1.165) is 31.3 Å². The van der Waals surface area contributed by atoms with E-state index in [1.54, 1.807) is 0 Å². The van der Waals surface area contributed by atoms with Gasteiger partial charge in [0, 0.05) is 19.6 Å². The van der Waals surface area contributed by atoms with E-state index < -0.39 is 0 Å². The quantitative estimate of drug-likeness (QED) is 0.263. The standard InChI is InChI=1S/C13H25N3.HI/c1-11(2)7-6-10-15-13(14-3)16-12-8-4-5-9-12;/h4-5,11-12H,6-10H2,1-3H3,(H2,14,15,16);1H. The van der Waals surface area contributed by atoms with Crippen molar-refractivity contribution in [1.29, 1.82) is 0 Å². The van der Waals surface area contributed by atoms with Gasteiger partial charge in [-0.15, -0.1) is 24.0 Å². The summed E-state index contributed by atoms with van der Waals surface area (Å²) in [4.78, 5) is 4.23. The number of hydrogen-bond acceptors (Lipinski definition) is 1. The zero-order valence-electron chi connectivity index (χ0n) is 11.2. The number of nitrogens with zero attached hydrogens (tertiary/aromatic N) is 1. The fourth-order valence-electron chi connectivity index (χ4n) is 1.84. The summed E-state index contributed by atoms with van der Waals surface area (Å²) in [5.41, 5.74) is 0. The molecule has 0 bridgehead atoms. The second kappa shape index (κ2) is 9.74. The van der Waals surface area contributed by atoms with Crippen LogP contribution in [0.25, 0.3) is 0 Å². The summed E-state index contributed by atoms with van der Waals surface area (Å²) >= 11 is 0. The van der Waals surface area contributed by atoms with Gasteiger partial charge in [-0.3, -0.25) is 4.99 Å². The molecule has 0 aromatic rings. The molecule has 100 valence electrons. The molecule has 0 aromatic heterocycles. The summed E-state index contributed by atoms with van der Waals surface area (Å²) in [5.74, 6) is 1.73. The second-order valence-electron chi connectivity index (χ2n) is 4.82. The predicted molar refractivity (Wildman–Crippen MR) is 86.1 cm³/mol. The Morgan fingerprint density at radius 2 is 2.00 bits per heavy atom. The molecular weight excluding hydrogens is 325 g/mol. The Balaban J connectivity index is 0.00000256. The van der Waals surface area contributed by atoms with Crippen LogP contribution < -0.4 is 10.6 Å². The maximum Gasteiger partial charge on any atom is 0.191 e. The van der Waals surface area contributed by atoms with Crippen molar-refractivity contribution >= 4 is 29.9 Å². The van der Waals surface area contributed by atoms with E-state index in [2.05, 4.69) is 41.6 Å². The van der Waals surface area contributed by atoms with Crippen molar-refractivity contribution in [2.24, 2.45) is 10.9 Å². The molecule has 0 aliphatic heterocycles. The molecule has 0 radical (unpaired) electrons. The zero-order valence-corrected chi connectivity index (χ0v) is 13.5. The van der Waals surface area contributed by atoms with Crippen molar-refractivity contribution in [3.63, 3.8) is 0 Å². The molecule has 0 saturated heterocycles. The Hall–Kier alpha value is -0.260. The lowest BCUT2D eigenvalue weighted by atomic mass is 10.1. The predicted octanol–water partition coefficient (Wildman–Crippen LogP) is 2.92. The molecule has 0 saturated carbocycles. The number of guanidine groups is 1. The highest BCUT2D eigenvalue weighted by atomic mass is 127. The molecule has 0 atom stereocenters. The van der Waals surface area contributed by atoms with Gasteiger partial charge in [0.15, 0.2) is 5.96 Å². The molecule has 2 N–H and O–H groups in total. The van der Waals surface area contributed by atoms with E-state index in [0.29, 0.717) is 6.04 Å². The molecule has 1 aliphatic carbocycles. The van der Waals surface area contributed by atoms with E-state index in [9.17, 15) is 0 Å². The van der Waals surface area contributed by atoms with E-state index in [1.807, 2.05) is 7.05 Å². The van der Waals surface area contributed by atoms with Crippen molar-refractivity contribution in [3.05, 3.63) is 12.2 Å². The van der Waals surface area contributed by atoms with E-state index in [1.165, 1.54) is 12.8 Å². The molecule has 0 aromatic carbocycles. The van der Waals surface area contributed by atoms with Crippen LogP contribution in [0.5, 0.6) is 0 Å². The average molecular weight is 351 g/mol. The number of rotatable bonds is 5. The van der Waals surface area contributed by atoms with Crippen LogP contribution in [0, 0.1) is 5.92 Å². The van der Waals surface area contributed by atoms with E-state index in [-0.39, 0.29) is 24.0 Å². The van der Waals surface area contributed by atoms with Crippen LogP contribution in [0.1, 0.15) is 39.5 Å². The van der Waals surface area contributed by atoms with Crippen molar-refractivity contribution in [2.75, 3.05) is 13.6 Å². The van der Waals surface area contributed by atoms with Crippen molar-refractivity contribution in [3.8, 4) is 0 Å². The molecule has 3 nitrogen and oxygen atoms in total. The first kappa shape index (κ1) is 16.7. The Labute approximate surface area is 123 Å². The SMILES string of the molecule is CN=C(NCCCC(C)C)NC1CC=CC1.I. The Bertz CT molecular complexity index is 241. The highest BCUT2D eigenvalue weighted by Gasteiger charge is 2.10. The Kier molecular flexibility index (Phi) is 9.59. The van der Waals surface area contributed by atoms with Gasteiger partial charge in [-0.05, 0) is 31.6 Å². The van der Waals surface area contributed by atoms with Crippen LogP contribution in [0.4, 0.5) is 0 Å². The average Bonchev–Trinajstić information content (AvgIpc) is 2.75. The third kappa shape index (κ3) is 7.63. The van der Waals surface area contributed by atoms with Crippen LogP contribution in [-0.2, 0) is 0 Å². The summed E-state index contributed by atoms with van der Waals surface area (Å²) in [6, 6.07) is 0.538. The molecule has 1 rings (SSSR count). The first-order valence-electron chi connectivity index (χ1n) is 6.34. The second-order valence-corrected chi connectivity index (χ2v) is 4.82. The third-order valence-corrected chi connectivity index (χ3v) is 2.82. The summed E-state index contributed by atoms with van der Waals surface area (Å²) in [6.45, 7) is 5.53. The van der Waals surface area contributed by atoms with Gasteiger partial charge < -0.3 is 10.6 Å². The topological polar surface area (TPSA) is 36.4 Å². The molecule has 0 amide bonds. The molecule has 0 unspecified atom stereocenters. The monoisotopic (exact) mass is 351 g/mol. The number of halogens is 1. The van der Waals surface area contributed by atoms with Gasteiger partial charge in [-0.1, -0.05) is 26.0 Å². The fourth-order valence-corrected chi connectivity index (χ4v) is 1.84. The Morgan fingerprint density at radius 3 is 2.53 bits per heavy atom. The molecule has 17 heavy (non-hydrogen) atoms. The minimum atomic E-state index is 0. The molecular formula is C13H26IN3. The summed E-state index contributed by atoms with van der Waals surface area (Å²) in [6.07, 6.45) is 9.17. The maximum atomic E-state index is 4.23. The lowest BCUT2D eigenvalue weighted by Gasteiger charge is -2.17. The molecule has 0 fully saturated rings. The minimum absolute atomic E-state index is 0. The lowest BCUT2D eigenvalue weighted by Crippen LogP contribution is -2.42. The van der Waals surface area contributed by atoms with E-state index in [4.69, 9.17) is 0 Å². The third-order valence-electron chi connectivity index (χ3n) is 2.82. The smallest absolute Gasteiger partial charge is 0.191 e.